The van der Waals surface area contributed by atoms with Gasteiger partial charge in [0.25, 0.3) is 5.91 Å². The quantitative estimate of drug-likeness (QED) is 0.471. The standard InChI is InChI=1S/C21H13F2N3O2S/c22-13-7-5-12(6-8-13)20-25-17-11-14(9-10-18(17)28-20)24-21(29)26-19(27)15-3-1-2-4-16(15)23/h1-11H,(H2,24,26,27,29). The summed E-state index contributed by atoms with van der Waals surface area (Å²) >= 11 is 5.13. The third kappa shape index (κ3) is 4.12. The van der Waals surface area contributed by atoms with Crippen LogP contribution in [0.2, 0.25) is 0 Å². The van der Waals surface area contributed by atoms with Crippen molar-refractivity contribution in [3.05, 3.63) is 83.9 Å². The number of benzene rings is 3. The van der Waals surface area contributed by atoms with Crippen molar-refractivity contribution in [3.63, 3.8) is 0 Å². The second-order valence-electron chi connectivity index (χ2n) is 6.10. The first-order valence-electron chi connectivity index (χ1n) is 8.53. The molecular formula is C21H13F2N3O2S. The Morgan fingerprint density at radius 2 is 1.76 bits per heavy atom. The van der Waals surface area contributed by atoms with Gasteiger partial charge < -0.3 is 9.73 Å². The number of thiocarbonyl (C=S) groups is 1. The number of fused-ring (bicyclic) bond motifs is 1. The average Bonchev–Trinajstić information content (AvgIpc) is 3.12. The van der Waals surface area contributed by atoms with E-state index in [4.69, 9.17) is 16.6 Å². The Kier molecular flexibility index (Phi) is 5.01. The number of nitrogens with zero attached hydrogens (tertiary/aromatic N) is 1. The predicted octanol–water partition coefficient (Wildman–Crippen LogP) is 4.90. The lowest BCUT2D eigenvalue weighted by Gasteiger charge is -2.09. The number of nitrogens with one attached hydrogen (secondary N) is 2. The summed E-state index contributed by atoms with van der Waals surface area (Å²) in [5.41, 5.74) is 2.20. The fraction of sp³-hybridized carbons (Fsp3) is 0. The molecule has 0 saturated heterocycles. The number of anilines is 1. The second-order valence-corrected chi connectivity index (χ2v) is 6.50. The van der Waals surface area contributed by atoms with Gasteiger partial charge in [0.15, 0.2) is 10.7 Å². The first-order valence-corrected chi connectivity index (χ1v) is 8.94. The van der Waals surface area contributed by atoms with Gasteiger partial charge in [-0.25, -0.2) is 13.8 Å². The molecule has 144 valence electrons. The highest BCUT2D eigenvalue weighted by Crippen LogP contribution is 2.26. The highest BCUT2D eigenvalue weighted by molar-refractivity contribution is 7.80. The van der Waals surface area contributed by atoms with E-state index in [1.54, 1.807) is 36.4 Å². The molecule has 1 amide bonds. The number of hydrogen-bond acceptors (Lipinski definition) is 4. The molecule has 5 nitrogen and oxygen atoms in total. The molecule has 0 saturated carbocycles. The summed E-state index contributed by atoms with van der Waals surface area (Å²) in [6.07, 6.45) is 0. The summed E-state index contributed by atoms with van der Waals surface area (Å²) in [6.45, 7) is 0. The molecule has 0 aliphatic rings. The number of carbonyl (C=O) groups excluding carboxylic acids is 1. The highest BCUT2D eigenvalue weighted by atomic mass is 32.1. The van der Waals surface area contributed by atoms with Crippen LogP contribution in [0.4, 0.5) is 14.5 Å². The molecule has 0 aliphatic heterocycles. The molecule has 4 aromatic rings. The summed E-state index contributed by atoms with van der Waals surface area (Å²) < 4.78 is 32.5. The van der Waals surface area contributed by atoms with Gasteiger partial charge in [-0.3, -0.25) is 10.1 Å². The van der Waals surface area contributed by atoms with E-state index >= 15 is 0 Å². The summed E-state index contributed by atoms with van der Waals surface area (Å²) in [5.74, 6) is -1.28. The first-order chi connectivity index (χ1) is 14.0. The lowest BCUT2D eigenvalue weighted by atomic mass is 10.2. The van der Waals surface area contributed by atoms with E-state index in [0.29, 0.717) is 28.2 Å². The van der Waals surface area contributed by atoms with Crippen molar-refractivity contribution in [1.29, 1.82) is 0 Å². The molecule has 29 heavy (non-hydrogen) atoms. The largest absolute Gasteiger partial charge is 0.436 e. The highest BCUT2D eigenvalue weighted by Gasteiger charge is 2.13. The van der Waals surface area contributed by atoms with E-state index in [1.165, 1.54) is 30.3 Å². The van der Waals surface area contributed by atoms with E-state index in [9.17, 15) is 13.6 Å². The Hall–Kier alpha value is -3.65. The minimum absolute atomic E-state index is 0.0138. The maximum absolute atomic E-state index is 13.7. The van der Waals surface area contributed by atoms with E-state index in [2.05, 4.69) is 15.6 Å². The van der Waals surface area contributed by atoms with E-state index in [-0.39, 0.29) is 16.5 Å². The van der Waals surface area contributed by atoms with Gasteiger partial charge in [0.1, 0.15) is 17.2 Å². The molecular weight excluding hydrogens is 396 g/mol. The lowest BCUT2D eigenvalue weighted by molar-refractivity contribution is 0.0974. The van der Waals surface area contributed by atoms with Crippen molar-refractivity contribution in [1.82, 2.24) is 10.3 Å². The number of aromatic nitrogens is 1. The third-order valence-corrected chi connectivity index (χ3v) is 4.29. The van der Waals surface area contributed by atoms with Gasteiger partial charge >= 0.3 is 0 Å². The number of halogens is 2. The van der Waals surface area contributed by atoms with Gasteiger partial charge in [0, 0.05) is 11.3 Å². The summed E-state index contributed by atoms with van der Waals surface area (Å²) in [6, 6.07) is 16.5. The maximum Gasteiger partial charge on any atom is 0.260 e. The topological polar surface area (TPSA) is 67.2 Å². The van der Waals surface area contributed by atoms with Gasteiger partial charge in [0.2, 0.25) is 5.89 Å². The molecule has 2 N–H and O–H groups in total. The molecule has 0 radical (unpaired) electrons. The van der Waals surface area contributed by atoms with Crippen molar-refractivity contribution >= 4 is 40.0 Å². The molecule has 0 atom stereocenters. The van der Waals surface area contributed by atoms with Crippen LogP contribution in [0.5, 0.6) is 0 Å². The van der Waals surface area contributed by atoms with Crippen molar-refractivity contribution in [3.8, 4) is 11.5 Å². The van der Waals surface area contributed by atoms with E-state index < -0.39 is 11.7 Å². The molecule has 1 aromatic heterocycles. The first kappa shape index (κ1) is 18.7. The van der Waals surface area contributed by atoms with Crippen LogP contribution in [-0.2, 0) is 0 Å². The van der Waals surface area contributed by atoms with Crippen molar-refractivity contribution < 1.29 is 18.0 Å². The van der Waals surface area contributed by atoms with Crippen LogP contribution in [0.1, 0.15) is 10.4 Å². The monoisotopic (exact) mass is 409 g/mol. The molecule has 3 aromatic carbocycles. The number of oxazole rings is 1. The molecule has 0 fully saturated rings. The number of amides is 1. The minimum atomic E-state index is -0.651. The zero-order valence-corrected chi connectivity index (χ0v) is 15.6. The van der Waals surface area contributed by atoms with Crippen LogP contribution in [-0.4, -0.2) is 16.0 Å². The molecule has 1 heterocycles. The van der Waals surface area contributed by atoms with Gasteiger partial charge in [-0.2, -0.15) is 0 Å². The maximum atomic E-state index is 13.7. The van der Waals surface area contributed by atoms with Crippen LogP contribution in [0.3, 0.4) is 0 Å². The normalized spacial score (nSPS) is 10.7. The smallest absolute Gasteiger partial charge is 0.260 e. The van der Waals surface area contributed by atoms with Crippen molar-refractivity contribution in [2.45, 2.75) is 0 Å². The van der Waals surface area contributed by atoms with Gasteiger partial charge in [0.05, 0.1) is 5.56 Å². The van der Waals surface area contributed by atoms with Crippen LogP contribution in [0, 0.1) is 11.6 Å². The zero-order chi connectivity index (χ0) is 20.4. The molecule has 0 unspecified atom stereocenters. The SMILES string of the molecule is O=C(NC(=S)Nc1ccc2oc(-c3ccc(F)cc3)nc2c1)c1ccccc1F. The number of hydrogen-bond donors (Lipinski definition) is 2. The van der Waals surface area contributed by atoms with E-state index in [1.807, 2.05) is 0 Å². The van der Waals surface area contributed by atoms with Crippen molar-refractivity contribution in [2.24, 2.45) is 0 Å². The minimum Gasteiger partial charge on any atom is -0.436 e. The Morgan fingerprint density at radius 3 is 2.52 bits per heavy atom. The average molecular weight is 409 g/mol. The Bertz CT molecular complexity index is 1220. The van der Waals surface area contributed by atoms with Gasteiger partial charge in [-0.1, -0.05) is 12.1 Å². The Balaban J connectivity index is 1.49. The fourth-order valence-corrected chi connectivity index (χ4v) is 2.91. The molecule has 4 rings (SSSR count). The number of carbonyl (C=O) groups is 1. The Morgan fingerprint density at radius 1 is 1.00 bits per heavy atom. The third-order valence-electron chi connectivity index (χ3n) is 4.08. The van der Waals surface area contributed by atoms with Crippen LogP contribution in [0.15, 0.2) is 71.1 Å². The zero-order valence-electron chi connectivity index (χ0n) is 14.8. The number of rotatable bonds is 3. The summed E-state index contributed by atoms with van der Waals surface area (Å²) in [7, 11) is 0. The van der Waals surface area contributed by atoms with Crippen molar-refractivity contribution in [2.75, 3.05) is 5.32 Å². The van der Waals surface area contributed by atoms with E-state index in [0.717, 1.165) is 0 Å². The van der Waals surface area contributed by atoms with Gasteiger partial charge in [-0.15, -0.1) is 0 Å². The van der Waals surface area contributed by atoms with Crippen LogP contribution in [0.25, 0.3) is 22.6 Å². The molecule has 8 heteroatoms. The molecule has 0 spiro atoms. The molecule has 0 bridgehead atoms. The lowest BCUT2D eigenvalue weighted by Crippen LogP contribution is -2.34. The van der Waals surface area contributed by atoms with Crippen LogP contribution < -0.4 is 10.6 Å². The fourth-order valence-electron chi connectivity index (χ4n) is 2.70. The second kappa shape index (κ2) is 7.76. The summed E-state index contributed by atoms with van der Waals surface area (Å²) in [5, 5.41) is 5.30. The van der Waals surface area contributed by atoms with Crippen LogP contribution >= 0.6 is 12.2 Å². The van der Waals surface area contributed by atoms with Gasteiger partial charge in [-0.05, 0) is 66.8 Å². The molecule has 0 aliphatic carbocycles. The predicted molar refractivity (Wildman–Crippen MR) is 109 cm³/mol. The Labute approximate surface area is 169 Å². The summed E-state index contributed by atoms with van der Waals surface area (Å²) in [4.78, 5) is 16.5.